The highest BCUT2D eigenvalue weighted by Crippen LogP contribution is 2.36. The van der Waals surface area contributed by atoms with Gasteiger partial charge in [0, 0.05) is 19.1 Å². The molecule has 1 aromatic rings. The van der Waals surface area contributed by atoms with Gasteiger partial charge in [-0.15, -0.1) is 0 Å². The zero-order valence-corrected chi connectivity index (χ0v) is 11.1. The van der Waals surface area contributed by atoms with Crippen molar-refractivity contribution in [1.82, 2.24) is 5.32 Å². The fourth-order valence-electron chi connectivity index (χ4n) is 2.60. The first-order valence-corrected chi connectivity index (χ1v) is 6.62. The molecule has 1 saturated heterocycles. The predicted molar refractivity (Wildman–Crippen MR) is 71.3 cm³/mol. The Morgan fingerprint density at radius 1 is 1.35 bits per heavy atom. The van der Waals surface area contributed by atoms with Gasteiger partial charge in [-0.2, -0.15) is 0 Å². The lowest BCUT2D eigenvalue weighted by Gasteiger charge is -2.21. The molecule has 2 rings (SSSR count). The standard InChI is InChI=1S/C15H23NO/c1-4-16-10-13-8-9-17-15(13)14-7-5-6-11(2)12(14)3/h5-7,13,15-16H,4,8-10H2,1-3H3. The summed E-state index contributed by atoms with van der Waals surface area (Å²) < 4.78 is 5.94. The average molecular weight is 233 g/mol. The van der Waals surface area contributed by atoms with Crippen molar-refractivity contribution in [1.29, 1.82) is 0 Å². The van der Waals surface area contributed by atoms with E-state index in [1.54, 1.807) is 0 Å². The van der Waals surface area contributed by atoms with Crippen molar-refractivity contribution < 1.29 is 4.74 Å². The molecule has 0 radical (unpaired) electrons. The molecule has 0 aliphatic carbocycles. The van der Waals surface area contributed by atoms with E-state index >= 15 is 0 Å². The quantitative estimate of drug-likeness (QED) is 0.863. The first-order chi connectivity index (χ1) is 8.24. The molecule has 0 aromatic heterocycles. The minimum absolute atomic E-state index is 0.286. The van der Waals surface area contributed by atoms with Crippen molar-refractivity contribution in [3.63, 3.8) is 0 Å². The van der Waals surface area contributed by atoms with Gasteiger partial charge in [-0.05, 0) is 43.5 Å². The maximum absolute atomic E-state index is 5.94. The lowest BCUT2D eigenvalue weighted by Crippen LogP contribution is -2.25. The number of ether oxygens (including phenoxy) is 1. The third-order valence-corrected chi connectivity index (χ3v) is 3.82. The Morgan fingerprint density at radius 3 is 2.94 bits per heavy atom. The summed E-state index contributed by atoms with van der Waals surface area (Å²) in [5.74, 6) is 0.621. The van der Waals surface area contributed by atoms with E-state index < -0.39 is 0 Å². The lowest BCUT2D eigenvalue weighted by molar-refractivity contribution is 0.0901. The Hall–Kier alpha value is -0.860. The van der Waals surface area contributed by atoms with Crippen molar-refractivity contribution in [3.05, 3.63) is 34.9 Å². The number of hydrogen-bond acceptors (Lipinski definition) is 2. The molecule has 1 N–H and O–H groups in total. The summed E-state index contributed by atoms with van der Waals surface area (Å²) in [6.45, 7) is 9.53. The van der Waals surface area contributed by atoms with Crippen molar-refractivity contribution in [2.45, 2.75) is 33.3 Å². The number of hydrogen-bond donors (Lipinski definition) is 1. The van der Waals surface area contributed by atoms with Gasteiger partial charge in [-0.3, -0.25) is 0 Å². The molecule has 1 aliphatic heterocycles. The first-order valence-electron chi connectivity index (χ1n) is 6.62. The van der Waals surface area contributed by atoms with E-state index in [1.165, 1.54) is 23.1 Å². The van der Waals surface area contributed by atoms with Crippen LogP contribution in [-0.2, 0) is 4.74 Å². The number of benzene rings is 1. The third kappa shape index (κ3) is 2.70. The fourth-order valence-corrected chi connectivity index (χ4v) is 2.60. The van der Waals surface area contributed by atoms with E-state index in [1.807, 2.05) is 0 Å². The fraction of sp³-hybridized carbons (Fsp3) is 0.600. The second kappa shape index (κ2) is 5.65. The van der Waals surface area contributed by atoms with E-state index in [0.717, 1.165) is 19.7 Å². The Bertz CT molecular complexity index is 375. The highest BCUT2D eigenvalue weighted by molar-refractivity contribution is 5.35. The molecular weight excluding hydrogens is 210 g/mol. The SMILES string of the molecule is CCNCC1CCOC1c1cccc(C)c1C. The molecule has 1 aliphatic rings. The molecule has 0 amide bonds. The highest BCUT2D eigenvalue weighted by atomic mass is 16.5. The zero-order chi connectivity index (χ0) is 12.3. The molecule has 2 unspecified atom stereocenters. The maximum atomic E-state index is 5.94. The molecule has 0 bridgehead atoms. The van der Waals surface area contributed by atoms with Crippen LogP contribution in [0, 0.1) is 19.8 Å². The second-order valence-corrected chi connectivity index (χ2v) is 4.94. The summed E-state index contributed by atoms with van der Waals surface area (Å²) in [7, 11) is 0. The molecule has 2 atom stereocenters. The zero-order valence-electron chi connectivity index (χ0n) is 11.1. The largest absolute Gasteiger partial charge is 0.373 e. The summed E-state index contributed by atoms with van der Waals surface area (Å²) >= 11 is 0. The third-order valence-electron chi connectivity index (χ3n) is 3.82. The van der Waals surface area contributed by atoms with E-state index in [0.29, 0.717) is 5.92 Å². The van der Waals surface area contributed by atoms with Gasteiger partial charge >= 0.3 is 0 Å². The van der Waals surface area contributed by atoms with Gasteiger partial charge in [0.25, 0.3) is 0 Å². The van der Waals surface area contributed by atoms with Crippen LogP contribution in [0.2, 0.25) is 0 Å². The second-order valence-electron chi connectivity index (χ2n) is 4.94. The molecule has 17 heavy (non-hydrogen) atoms. The van der Waals surface area contributed by atoms with Crippen LogP contribution in [-0.4, -0.2) is 19.7 Å². The molecule has 1 heterocycles. The number of nitrogens with one attached hydrogen (secondary N) is 1. The maximum Gasteiger partial charge on any atom is 0.0868 e. The summed E-state index contributed by atoms with van der Waals surface area (Å²) in [6.07, 6.45) is 1.46. The smallest absolute Gasteiger partial charge is 0.0868 e. The Morgan fingerprint density at radius 2 is 2.18 bits per heavy atom. The topological polar surface area (TPSA) is 21.3 Å². The molecule has 2 heteroatoms. The van der Waals surface area contributed by atoms with Crippen LogP contribution in [0.3, 0.4) is 0 Å². The summed E-state index contributed by atoms with van der Waals surface area (Å²) in [5.41, 5.74) is 4.13. The minimum Gasteiger partial charge on any atom is -0.373 e. The van der Waals surface area contributed by atoms with E-state index in [-0.39, 0.29) is 6.10 Å². The van der Waals surface area contributed by atoms with Gasteiger partial charge in [0.2, 0.25) is 0 Å². The monoisotopic (exact) mass is 233 g/mol. The van der Waals surface area contributed by atoms with Crippen LogP contribution in [0.15, 0.2) is 18.2 Å². The van der Waals surface area contributed by atoms with E-state index in [9.17, 15) is 0 Å². The predicted octanol–water partition coefficient (Wildman–Crippen LogP) is 2.99. The Labute approximate surface area is 104 Å². The van der Waals surface area contributed by atoms with Crippen LogP contribution in [0.1, 0.15) is 36.1 Å². The summed E-state index contributed by atoms with van der Waals surface area (Å²) in [6, 6.07) is 6.54. The Balaban J connectivity index is 2.17. The number of aryl methyl sites for hydroxylation is 1. The van der Waals surface area contributed by atoms with Gasteiger partial charge in [-0.25, -0.2) is 0 Å². The molecule has 0 saturated carbocycles. The van der Waals surface area contributed by atoms with Crippen molar-refractivity contribution in [3.8, 4) is 0 Å². The molecular formula is C15H23NO. The Kier molecular flexibility index (Phi) is 4.19. The lowest BCUT2D eigenvalue weighted by atomic mass is 9.91. The molecule has 1 fully saturated rings. The minimum atomic E-state index is 0.286. The van der Waals surface area contributed by atoms with Gasteiger partial charge in [0.15, 0.2) is 0 Å². The van der Waals surface area contributed by atoms with Crippen LogP contribution in [0.25, 0.3) is 0 Å². The van der Waals surface area contributed by atoms with Crippen LogP contribution >= 0.6 is 0 Å². The van der Waals surface area contributed by atoms with Gasteiger partial charge in [0.05, 0.1) is 6.10 Å². The van der Waals surface area contributed by atoms with Crippen LogP contribution < -0.4 is 5.32 Å². The van der Waals surface area contributed by atoms with E-state index in [4.69, 9.17) is 4.74 Å². The number of rotatable bonds is 4. The van der Waals surface area contributed by atoms with Crippen molar-refractivity contribution in [2.24, 2.45) is 5.92 Å². The van der Waals surface area contributed by atoms with Crippen LogP contribution in [0.4, 0.5) is 0 Å². The van der Waals surface area contributed by atoms with E-state index in [2.05, 4.69) is 44.3 Å². The summed E-state index contributed by atoms with van der Waals surface area (Å²) in [5, 5.41) is 3.44. The molecule has 1 aromatic carbocycles. The molecule has 2 nitrogen and oxygen atoms in total. The first kappa shape index (κ1) is 12.6. The van der Waals surface area contributed by atoms with Gasteiger partial charge in [-0.1, -0.05) is 25.1 Å². The average Bonchev–Trinajstić information content (AvgIpc) is 2.78. The molecule has 94 valence electrons. The van der Waals surface area contributed by atoms with Gasteiger partial charge < -0.3 is 10.1 Å². The highest BCUT2D eigenvalue weighted by Gasteiger charge is 2.30. The van der Waals surface area contributed by atoms with Crippen molar-refractivity contribution >= 4 is 0 Å². The summed E-state index contributed by atoms with van der Waals surface area (Å²) in [4.78, 5) is 0. The van der Waals surface area contributed by atoms with Crippen LogP contribution in [0.5, 0.6) is 0 Å². The normalized spacial score (nSPS) is 24.2. The van der Waals surface area contributed by atoms with Gasteiger partial charge in [0.1, 0.15) is 0 Å². The molecule has 0 spiro atoms. The van der Waals surface area contributed by atoms with Crippen molar-refractivity contribution in [2.75, 3.05) is 19.7 Å².